The van der Waals surface area contributed by atoms with E-state index in [1.807, 2.05) is 0 Å². The van der Waals surface area contributed by atoms with Gasteiger partial charge in [0.2, 0.25) is 0 Å². The van der Waals surface area contributed by atoms with Crippen LogP contribution in [0.3, 0.4) is 0 Å². The summed E-state index contributed by atoms with van der Waals surface area (Å²) in [6, 6.07) is -0.0241. The number of alkyl carbamates (subject to hydrolysis) is 1. The number of ether oxygens (including phenoxy) is 2. The predicted molar refractivity (Wildman–Crippen MR) is 114 cm³/mol. The summed E-state index contributed by atoms with van der Waals surface area (Å²) in [4.78, 5) is 29.9. The van der Waals surface area contributed by atoms with Crippen LogP contribution in [0.2, 0.25) is 0 Å². The number of thiophene rings is 1. The number of hydrogen-bond donors (Lipinski definition) is 2. The molecule has 2 aromatic rings. The summed E-state index contributed by atoms with van der Waals surface area (Å²) in [5.41, 5.74) is -0.907. The first-order valence-corrected chi connectivity index (χ1v) is 11.3. The van der Waals surface area contributed by atoms with Crippen LogP contribution in [-0.4, -0.2) is 62.2 Å². The largest absolute Gasteiger partial charge is 0.522 e. The second-order valence-corrected chi connectivity index (χ2v) is 8.71. The molecule has 2 amide bonds. The van der Waals surface area contributed by atoms with E-state index in [0.29, 0.717) is 0 Å². The fraction of sp³-hybridized carbons (Fsp3) is 0.550. The lowest BCUT2D eigenvalue weighted by Crippen LogP contribution is -2.43. The number of fused-ring (bicyclic) bond motifs is 1. The van der Waals surface area contributed by atoms with E-state index in [1.54, 1.807) is 4.90 Å². The third kappa shape index (κ3) is 6.87. The third-order valence-electron chi connectivity index (χ3n) is 5.19. The van der Waals surface area contributed by atoms with E-state index in [-0.39, 0.29) is 47.5 Å². The molecule has 2 aromatic heterocycles. The summed E-state index contributed by atoms with van der Waals surface area (Å²) < 4.78 is 86.1. The molecular weight excluding hydrogens is 506 g/mol. The van der Waals surface area contributed by atoms with Crippen LogP contribution in [0.15, 0.2) is 11.4 Å². The van der Waals surface area contributed by atoms with Crippen molar-refractivity contribution in [3.8, 4) is 0 Å². The van der Waals surface area contributed by atoms with Crippen LogP contribution in [0.1, 0.15) is 35.7 Å². The maximum atomic E-state index is 13.7. The minimum Gasteiger partial charge on any atom is -0.446 e. The number of nitrogens with zero attached hydrogens (tertiary/aromatic N) is 2. The Morgan fingerprint density at radius 2 is 1.89 bits per heavy atom. The summed E-state index contributed by atoms with van der Waals surface area (Å²) in [5.74, 6) is -0.517. The second-order valence-electron chi connectivity index (χ2n) is 7.83. The summed E-state index contributed by atoms with van der Waals surface area (Å²) in [6.45, 7) is 0.945. The normalized spacial score (nSPS) is 16.3. The highest BCUT2D eigenvalue weighted by atomic mass is 32.1. The fourth-order valence-electron chi connectivity index (χ4n) is 3.51. The molecule has 0 spiro atoms. The molecule has 8 nitrogen and oxygen atoms in total. The number of carbonyl (C=O) groups is 2. The highest BCUT2D eigenvalue weighted by molar-refractivity contribution is 7.17. The van der Waals surface area contributed by atoms with Gasteiger partial charge in [-0.2, -0.15) is 13.2 Å². The lowest BCUT2D eigenvalue weighted by Gasteiger charge is -2.33. The van der Waals surface area contributed by atoms with Crippen LogP contribution in [0, 0.1) is 0 Å². The number of anilines is 1. The number of rotatable bonds is 6. The van der Waals surface area contributed by atoms with Crippen molar-refractivity contribution in [2.24, 2.45) is 0 Å². The molecule has 0 radical (unpaired) electrons. The summed E-state index contributed by atoms with van der Waals surface area (Å²) in [7, 11) is 1.37. The molecular formula is C20H22F6N4O4S. The Kier molecular flexibility index (Phi) is 7.99. The molecule has 0 saturated carbocycles. The van der Waals surface area contributed by atoms with Crippen molar-refractivity contribution < 1.29 is 45.4 Å². The lowest BCUT2D eigenvalue weighted by atomic mass is 10.1. The standard InChI is InChI=1S/C20H22F6N4O4S/c1-10(8-33-20(24,25)26)28-18(32)34-11-3-5-30(6-4-11)14-7-13(19(21,22)23)16-15(29-14)12(9-35-16)17(31)27-2/h7,9-11H,3-6,8H2,1-2H3,(H,27,31)(H,28,32). The molecule has 3 rings (SSSR count). The van der Waals surface area contributed by atoms with Crippen molar-refractivity contribution >= 4 is 39.4 Å². The van der Waals surface area contributed by atoms with Gasteiger partial charge in [0, 0.05) is 38.4 Å². The van der Waals surface area contributed by atoms with Gasteiger partial charge in [-0.15, -0.1) is 24.5 Å². The van der Waals surface area contributed by atoms with Crippen LogP contribution < -0.4 is 15.5 Å². The number of aromatic nitrogens is 1. The number of pyridine rings is 1. The molecule has 35 heavy (non-hydrogen) atoms. The zero-order valence-electron chi connectivity index (χ0n) is 18.5. The summed E-state index contributed by atoms with van der Waals surface area (Å²) in [6.07, 6.45) is -10.5. The van der Waals surface area contributed by atoms with Gasteiger partial charge in [-0.3, -0.25) is 9.53 Å². The SMILES string of the molecule is CNC(=O)c1csc2c(C(F)(F)F)cc(N3CCC(OC(=O)NC(C)COC(F)(F)F)CC3)nc12. The number of hydrogen-bond acceptors (Lipinski definition) is 7. The molecule has 1 atom stereocenters. The lowest BCUT2D eigenvalue weighted by molar-refractivity contribution is -0.325. The van der Waals surface area contributed by atoms with Gasteiger partial charge in [0.25, 0.3) is 5.91 Å². The van der Waals surface area contributed by atoms with Gasteiger partial charge in [0.05, 0.1) is 34.0 Å². The molecule has 0 aromatic carbocycles. The van der Waals surface area contributed by atoms with Crippen LogP contribution >= 0.6 is 11.3 Å². The van der Waals surface area contributed by atoms with Crippen molar-refractivity contribution in [2.75, 3.05) is 31.6 Å². The molecule has 1 aliphatic rings. The Hall–Kier alpha value is -2.81. The topological polar surface area (TPSA) is 92.8 Å². The minimum absolute atomic E-state index is 0.0363. The van der Waals surface area contributed by atoms with E-state index in [1.165, 1.54) is 19.4 Å². The van der Waals surface area contributed by atoms with E-state index >= 15 is 0 Å². The number of carbonyl (C=O) groups excluding carboxylic acids is 2. The Labute approximate surface area is 199 Å². The molecule has 1 aliphatic heterocycles. The van der Waals surface area contributed by atoms with Crippen LogP contribution in [0.4, 0.5) is 37.0 Å². The van der Waals surface area contributed by atoms with Crippen molar-refractivity contribution in [3.05, 3.63) is 22.6 Å². The average molecular weight is 528 g/mol. The highest BCUT2D eigenvalue weighted by Crippen LogP contribution is 2.40. The Morgan fingerprint density at radius 3 is 2.46 bits per heavy atom. The van der Waals surface area contributed by atoms with Gasteiger partial charge < -0.3 is 20.3 Å². The molecule has 1 saturated heterocycles. The number of piperidine rings is 1. The smallest absolute Gasteiger partial charge is 0.446 e. The molecule has 194 valence electrons. The van der Waals surface area contributed by atoms with Crippen LogP contribution in [0.5, 0.6) is 0 Å². The van der Waals surface area contributed by atoms with E-state index in [4.69, 9.17) is 4.74 Å². The molecule has 0 bridgehead atoms. The molecule has 3 heterocycles. The van der Waals surface area contributed by atoms with Crippen LogP contribution in [-0.2, 0) is 15.7 Å². The predicted octanol–water partition coefficient (Wildman–Crippen LogP) is 4.29. The molecule has 1 fully saturated rings. The Bertz CT molecular complexity index is 1070. The first kappa shape index (κ1) is 26.8. The number of nitrogens with one attached hydrogen (secondary N) is 2. The number of alkyl halides is 6. The van der Waals surface area contributed by atoms with E-state index in [0.717, 1.165) is 17.4 Å². The third-order valence-corrected chi connectivity index (χ3v) is 6.19. The number of halogens is 6. The maximum Gasteiger partial charge on any atom is 0.522 e. The minimum atomic E-state index is -4.82. The first-order chi connectivity index (χ1) is 16.3. The van der Waals surface area contributed by atoms with Gasteiger partial charge in [0.1, 0.15) is 11.9 Å². The van der Waals surface area contributed by atoms with Crippen LogP contribution in [0.25, 0.3) is 10.2 Å². The second kappa shape index (κ2) is 10.4. The Balaban J connectivity index is 1.67. The fourth-order valence-corrected chi connectivity index (χ4v) is 4.54. The molecule has 2 N–H and O–H groups in total. The van der Waals surface area contributed by atoms with Gasteiger partial charge in [0.15, 0.2) is 0 Å². The summed E-state index contributed by atoms with van der Waals surface area (Å²) >= 11 is 0.786. The highest BCUT2D eigenvalue weighted by Gasteiger charge is 2.36. The van der Waals surface area contributed by atoms with Gasteiger partial charge >= 0.3 is 18.6 Å². The first-order valence-electron chi connectivity index (χ1n) is 10.4. The van der Waals surface area contributed by atoms with Gasteiger partial charge in [-0.05, 0) is 13.0 Å². The van der Waals surface area contributed by atoms with Gasteiger partial charge in [-0.1, -0.05) is 0 Å². The van der Waals surface area contributed by atoms with Crippen molar-refractivity contribution in [1.82, 2.24) is 15.6 Å². The average Bonchev–Trinajstić information content (AvgIpc) is 3.19. The zero-order chi connectivity index (χ0) is 26.0. The molecule has 1 unspecified atom stereocenters. The quantitative estimate of drug-likeness (QED) is 0.544. The van der Waals surface area contributed by atoms with Gasteiger partial charge in [-0.25, -0.2) is 9.78 Å². The Morgan fingerprint density at radius 1 is 1.23 bits per heavy atom. The molecule has 0 aliphatic carbocycles. The maximum absolute atomic E-state index is 13.7. The van der Waals surface area contributed by atoms with E-state index < -0.39 is 48.9 Å². The van der Waals surface area contributed by atoms with Crippen molar-refractivity contribution in [3.63, 3.8) is 0 Å². The van der Waals surface area contributed by atoms with Crippen molar-refractivity contribution in [2.45, 2.75) is 44.4 Å². The summed E-state index contributed by atoms with van der Waals surface area (Å²) in [5, 5.41) is 5.95. The molecule has 15 heteroatoms. The van der Waals surface area contributed by atoms with E-state index in [9.17, 15) is 35.9 Å². The monoisotopic (exact) mass is 528 g/mol. The van der Waals surface area contributed by atoms with E-state index in [2.05, 4.69) is 20.4 Å². The van der Waals surface area contributed by atoms with Crippen molar-refractivity contribution in [1.29, 1.82) is 0 Å². The number of amides is 2. The zero-order valence-corrected chi connectivity index (χ0v) is 19.4.